The van der Waals surface area contributed by atoms with Crippen molar-refractivity contribution in [3.8, 4) is 0 Å². The SMILES string of the molecule is CC(C)Cc1cnc2c(c1)N(C(C)C)CC2. The van der Waals surface area contributed by atoms with E-state index in [0.717, 1.165) is 19.4 Å². The van der Waals surface area contributed by atoms with Crippen molar-refractivity contribution in [1.82, 2.24) is 4.98 Å². The number of fused-ring (bicyclic) bond motifs is 1. The molecule has 1 aliphatic heterocycles. The Labute approximate surface area is 98.7 Å². The van der Waals surface area contributed by atoms with Crippen LogP contribution in [-0.2, 0) is 12.8 Å². The van der Waals surface area contributed by atoms with Gasteiger partial charge in [-0.1, -0.05) is 13.8 Å². The highest BCUT2D eigenvalue weighted by Crippen LogP contribution is 2.29. The number of anilines is 1. The summed E-state index contributed by atoms with van der Waals surface area (Å²) in [7, 11) is 0. The van der Waals surface area contributed by atoms with Gasteiger partial charge in [0.05, 0.1) is 11.4 Å². The quantitative estimate of drug-likeness (QED) is 0.775. The smallest absolute Gasteiger partial charge is 0.0654 e. The molecule has 88 valence electrons. The van der Waals surface area contributed by atoms with Crippen LogP contribution in [0.4, 0.5) is 5.69 Å². The number of nitrogens with zero attached hydrogens (tertiary/aromatic N) is 2. The van der Waals surface area contributed by atoms with Crippen LogP contribution in [0.1, 0.15) is 39.0 Å². The van der Waals surface area contributed by atoms with Crippen LogP contribution in [0.3, 0.4) is 0 Å². The van der Waals surface area contributed by atoms with E-state index in [1.807, 2.05) is 0 Å². The molecule has 0 saturated heterocycles. The molecule has 1 aromatic rings. The van der Waals surface area contributed by atoms with E-state index in [9.17, 15) is 0 Å². The van der Waals surface area contributed by atoms with E-state index in [-0.39, 0.29) is 0 Å². The number of hydrogen-bond donors (Lipinski definition) is 0. The molecule has 2 heterocycles. The molecule has 16 heavy (non-hydrogen) atoms. The molecule has 0 bridgehead atoms. The summed E-state index contributed by atoms with van der Waals surface area (Å²) < 4.78 is 0. The van der Waals surface area contributed by atoms with Gasteiger partial charge in [-0.2, -0.15) is 0 Å². The third kappa shape index (κ3) is 2.21. The Kier molecular flexibility index (Phi) is 3.17. The van der Waals surface area contributed by atoms with Gasteiger partial charge in [0, 0.05) is 25.2 Å². The van der Waals surface area contributed by atoms with Crippen LogP contribution < -0.4 is 4.90 Å². The normalized spacial score (nSPS) is 15.0. The third-order valence-electron chi connectivity index (χ3n) is 3.17. The highest BCUT2D eigenvalue weighted by Gasteiger charge is 2.22. The van der Waals surface area contributed by atoms with Crippen molar-refractivity contribution in [3.05, 3.63) is 23.5 Å². The standard InChI is InChI=1S/C14H22N2/c1-10(2)7-12-8-14-13(15-9-12)5-6-16(14)11(3)4/h8-11H,5-7H2,1-4H3. The summed E-state index contributed by atoms with van der Waals surface area (Å²) in [6.45, 7) is 10.2. The van der Waals surface area contributed by atoms with E-state index < -0.39 is 0 Å². The fourth-order valence-electron chi connectivity index (χ4n) is 2.43. The van der Waals surface area contributed by atoms with E-state index >= 15 is 0 Å². The van der Waals surface area contributed by atoms with Gasteiger partial charge in [-0.25, -0.2) is 0 Å². The molecule has 0 aromatic carbocycles. The molecule has 0 N–H and O–H groups in total. The van der Waals surface area contributed by atoms with Gasteiger partial charge >= 0.3 is 0 Å². The lowest BCUT2D eigenvalue weighted by Crippen LogP contribution is -2.28. The lowest BCUT2D eigenvalue weighted by Gasteiger charge is -2.24. The van der Waals surface area contributed by atoms with Crippen LogP contribution in [0.2, 0.25) is 0 Å². The van der Waals surface area contributed by atoms with Crippen molar-refractivity contribution in [2.24, 2.45) is 5.92 Å². The Hall–Kier alpha value is -1.05. The molecule has 2 heteroatoms. The average molecular weight is 218 g/mol. The Balaban J connectivity index is 2.26. The first-order valence-electron chi connectivity index (χ1n) is 6.32. The van der Waals surface area contributed by atoms with Crippen molar-refractivity contribution in [1.29, 1.82) is 0 Å². The first-order valence-corrected chi connectivity index (χ1v) is 6.32. The zero-order valence-corrected chi connectivity index (χ0v) is 10.8. The topological polar surface area (TPSA) is 16.1 Å². The molecule has 1 aliphatic rings. The van der Waals surface area contributed by atoms with Crippen molar-refractivity contribution in [2.75, 3.05) is 11.4 Å². The zero-order chi connectivity index (χ0) is 11.7. The summed E-state index contributed by atoms with van der Waals surface area (Å²) in [6.07, 6.45) is 4.30. The fourth-order valence-corrected chi connectivity index (χ4v) is 2.43. The lowest BCUT2D eigenvalue weighted by molar-refractivity contribution is 0.645. The highest BCUT2D eigenvalue weighted by molar-refractivity contribution is 5.57. The maximum absolute atomic E-state index is 4.60. The highest BCUT2D eigenvalue weighted by atomic mass is 15.2. The third-order valence-corrected chi connectivity index (χ3v) is 3.17. The minimum Gasteiger partial charge on any atom is -0.367 e. The largest absolute Gasteiger partial charge is 0.367 e. The molecular weight excluding hydrogens is 196 g/mol. The summed E-state index contributed by atoms with van der Waals surface area (Å²) in [4.78, 5) is 7.07. The van der Waals surface area contributed by atoms with Gasteiger partial charge in [0.1, 0.15) is 0 Å². The number of aromatic nitrogens is 1. The van der Waals surface area contributed by atoms with Crippen LogP contribution in [0, 0.1) is 5.92 Å². The molecule has 0 spiro atoms. The predicted octanol–water partition coefficient (Wildman–Crippen LogP) is 3.05. The molecular formula is C14H22N2. The predicted molar refractivity (Wildman–Crippen MR) is 69.0 cm³/mol. The number of hydrogen-bond acceptors (Lipinski definition) is 2. The van der Waals surface area contributed by atoms with Crippen molar-refractivity contribution < 1.29 is 0 Å². The van der Waals surface area contributed by atoms with E-state index in [1.54, 1.807) is 0 Å². The Morgan fingerprint density at radius 3 is 2.69 bits per heavy atom. The van der Waals surface area contributed by atoms with E-state index in [2.05, 4.69) is 49.8 Å². The zero-order valence-electron chi connectivity index (χ0n) is 10.8. The molecule has 0 atom stereocenters. The summed E-state index contributed by atoms with van der Waals surface area (Å²) >= 11 is 0. The Bertz CT molecular complexity index is 369. The van der Waals surface area contributed by atoms with Crippen molar-refractivity contribution >= 4 is 5.69 Å². The second-order valence-electron chi connectivity index (χ2n) is 5.44. The maximum Gasteiger partial charge on any atom is 0.0654 e. The van der Waals surface area contributed by atoms with E-state index in [1.165, 1.54) is 16.9 Å². The van der Waals surface area contributed by atoms with Crippen LogP contribution in [0.25, 0.3) is 0 Å². The summed E-state index contributed by atoms with van der Waals surface area (Å²) in [6, 6.07) is 2.92. The molecule has 0 amide bonds. The van der Waals surface area contributed by atoms with Gasteiger partial charge in [0.2, 0.25) is 0 Å². The summed E-state index contributed by atoms with van der Waals surface area (Å²) in [5.74, 6) is 0.703. The first-order chi connectivity index (χ1) is 7.58. The summed E-state index contributed by atoms with van der Waals surface area (Å²) in [5, 5.41) is 0. The minimum atomic E-state index is 0.581. The molecule has 0 fully saturated rings. The second-order valence-corrected chi connectivity index (χ2v) is 5.44. The van der Waals surface area contributed by atoms with E-state index in [0.29, 0.717) is 12.0 Å². The Morgan fingerprint density at radius 2 is 2.06 bits per heavy atom. The monoisotopic (exact) mass is 218 g/mol. The van der Waals surface area contributed by atoms with Crippen LogP contribution >= 0.6 is 0 Å². The lowest BCUT2D eigenvalue weighted by atomic mass is 10.0. The molecule has 2 nitrogen and oxygen atoms in total. The molecule has 0 radical (unpaired) electrons. The van der Waals surface area contributed by atoms with Crippen molar-refractivity contribution in [3.63, 3.8) is 0 Å². The molecule has 1 aromatic heterocycles. The number of pyridine rings is 1. The minimum absolute atomic E-state index is 0.581. The molecule has 0 unspecified atom stereocenters. The van der Waals surface area contributed by atoms with Crippen LogP contribution in [0.15, 0.2) is 12.3 Å². The van der Waals surface area contributed by atoms with Gasteiger partial charge < -0.3 is 4.90 Å². The van der Waals surface area contributed by atoms with Gasteiger partial charge in [0.25, 0.3) is 0 Å². The maximum atomic E-state index is 4.60. The van der Waals surface area contributed by atoms with Gasteiger partial charge in [-0.3, -0.25) is 4.98 Å². The molecule has 0 aliphatic carbocycles. The Morgan fingerprint density at radius 1 is 1.31 bits per heavy atom. The summed E-state index contributed by atoms with van der Waals surface area (Å²) in [5.41, 5.74) is 4.02. The van der Waals surface area contributed by atoms with Crippen LogP contribution in [-0.4, -0.2) is 17.6 Å². The van der Waals surface area contributed by atoms with Gasteiger partial charge in [-0.05, 0) is 37.8 Å². The van der Waals surface area contributed by atoms with E-state index in [4.69, 9.17) is 0 Å². The fraction of sp³-hybridized carbons (Fsp3) is 0.643. The first kappa shape index (κ1) is 11.4. The second kappa shape index (κ2) is 4.44. The van der Waals surface area contributed by atoms with Crippen molar-refractivity contribution in [2.45, 2.75) is 46.6 Å². The van der Waals surface area contributed by atoms with Gasteiger partial charge in [0.15, 0.2) is 0 Å². The molecule has 2 rings (SSSR count). The number of rotatable bonds is 3. The van der Waals surface area contributed by atoms with Crippen LogP contribution in [0.5, 0.6) is 0 Å². The molecule has 0 saturated carbocycles. The van der Waals surface area contributed by atoms with Gasteiger partial charge in [-0.15, -0.1) is 0 Å². The average Bonchev–Trinajstić information content (AvgIpc) is 2.59.